The van der Waals surface area contributed by atoms with E-state index < -0.39 is 0 Å². The monoisotopic (exact) mass is 318 g/mol. The molecule has 2 heteroatoms. The molecule has 1 aromatic carbocycles. The fourth-order valence-electron chi connectivity index (χ4n) is 2.86. The van der Waals surface area contributed by atoms with Gasteiger partial charge >= 0.3 is 0 Å². The minimum absolute atomic E-state index is 0.157. The summed E-state index contributed by atoms with van der Waals surface area (Å²) in [7, 11) is 0. The van der Waals surface area contributed by atoms with Crippen molar-refractivity contribution in [2.45, 2.75) is 84.0 Å². The minimum atomic E-state index is 0.157. The average molecular weight is 319 g/mol. The van der Waals surface area contributed by atoms with Crippen LogP contribution >= 0.6 is 0 Å². The largest absolute Gasteiger partial charge is 0.508 e. The lowest BCUT2D eigenvalue weighted by atomic mass is 10.0. The van der Waals surface area contributed by atoms with Crippen molar-refractivity contribution in [3.05, 3.63) is 35.9 Å². The molecule has 0 spiro atoms. The Kier molecular flexibility index (Phi) is 11.1. The van der Waals surface area contributed by atoms with Gasteiger partial charge in [-0.25, -0.2) is 0 Å². The second-order valence-electron chi connectivity index (χ2n) is 6.48. The number of rotatable bonds is 13. The van der Waals surface area contributed by atoms with E-state index in [-0.39, 0.29) is 11.5 Å². The van der Waals surface area contributed by atoms with Crippen LogP contribution < -0.4 is 0 Å². The molecule has 0 fully saturated rings. The second-order valence-corrected chi connectivity index (χ2v) is 6.48. The van der Waals surface area contributed by atoms with Gasteiger partial charge in [0.1, 0.15) is 11.5 Å². The van der Waals surface area contributed by atoms with Gasteiger partial charge in [-0.1, -0.05) is 64.0 Å². The summed E-state index contributed by atoms with van der Waals surface area (Å²) < 4.78 is 0. The molecular formula is C21H34O2. The predicted octanol–water partition coefficient (Wildman–Crippen LogP) is 6.51. The van der Waals surface area contributed by atoms with Crippen molar-refractivity contribution in [3.63, 3.8) is 0 Å². The van der Waals surface area contributed by atoms with E-state index in [1.807, 2.05) is 0 Å². The van der Waals surface area contributed by atoms with E-state index in [2.05, 4.69) is 19.1 Å². The Labute approximate surface area is 142 Å². The number of aryl methyl sites for hydroxylation is 1. The highest BCUT2D eigenvalue weighted by atomic mass is 16.3. The van der Waals surface area contributed by atoms with E-state index in [1.165, 1.54) is 70.3 Å². The molecule has 0 saturated heterocycles. The molecule has 0 aromatic heterocycles. The predicted molar refractivity (Wildman–Crippen MR) is 99.1 cm³/mol. The molecule has 0 atom stereocenters. The van der Waals surface area contributed by atoms with E-state index in [1.54, 1.807) is 12.1 Å². The second kappa shape index (κ2) is 13.0. The first-order chi connectivity index (χ1) is 11.2. The van der Waals surface area contributed by atoms with Gasteiger partial charge in [0.2, 0.25) is 0 Å². The number of benzene rings is 1. The van der Waals surface area contributed by atoms with E-state index in [0.717, 1.165) is 18.4 Å². The molecule has 0 aliphatic rings. The molecular weight excluding hydrogens is 284 g/mol. The summed E-state index contributed by atoms with van der Waals surface area (Å²) >= 11 is 0. The van der Waals surface area contributed by atoms with Gasteiger partial charge < -0.3 is 10.2 Å². The number of aromatic hydroxyl groups is 2. The lowest BCUT2D eigenvalue weighted by Gasteiger charge is -2.04. The van der Waals surface area contributed by atoms with Crippen molar-refractivity contribution < 1.29 is 10.2 Å². The molecule has 0 aliphatic carbocycles. The molecule has 130 valence electrons. The smallest absolute Gasteiger partial charge is 0.119 e. The van der Waals surface area contributed by atoms with Crippen LogP contribution in [0.25, 0.3) is 0 Å². The highest BCUT2D eigenvalue weighted by molar-refractivity contribution is 5.36. The fraction of sp³-hybridized carbons (Fsp3) is 0.619. The van der Waals surface area contributed by atoms with Crippen molar-refractivity contribution >= 4 is 0 Å². The molecule has 0 bridgehead atoms. The molecule has 2 N–H and O–H groups in total. The molecule has 1 aromatic rings. The van der Waals surface area contributed by atoms with Crippen LogP contribution in [-0.2, 0) is 6.42 Å². The van der Waals surface area contributed by atoms with Gasteiger partial charge in [0.05, 0.1) is 0 Å². The molecule has 0 heterocycles. The van der Waals surface area contributed by atoms with Gasteiger partial charge in [-0.3, -0.25) is 0 Å². The average Bonchev–Trinajstić information content (AvgIpc) is 2.51. The van der Waals surface area contributed by atoms with Crippen LogP contribution in [0.15, 0.2) is 30.4 Å². The first kappa shape index (κ1) is 19.6. The Hall–Kier alpha value is -1.44. The highest BCUT2D eigenvalue weighted by Crippen LogP contribution is 2.22. The topological polar surface area (TPSA) is 40.5 Å². The van der Waals surface area contributed by atoms with E-state index in [0.29, 0.717) is 0 Å². The summed E-state index contributed by atoms with van der Waals surface area (Å²) in [6.07, 6.45) is 19.7. The summed E-state index contributed by atoms with van der Waals surface area (Å²) in [6.45, 7) is 2.22. The maximum absolute atomic E-state index is 9.43. The SMILES string of the molecule is CCCC=CCCCCCCCCCCc1cc(O)cc(O)c1. The lowest BCUT2D eigenvalue weighted by Crippen LogP contribution is -1.87. The summed E-state index contributed by atoms with van der Waals surface area (Å²) in [5.41, 5.74) is 1.03. The zero-order valence-electron chi connectivity index (χ0n) is 14.8. The first-order valence-corrected chi connectivity index (χ1v) is 9.39. The van der Waals surface area contributed by atoms with Gasteiger partial charge in [0, 0.05) is 6.07 Å². The minimum Gasteiger partial charge on any atom is -0.508 e. The molecule has 2 nitrogen and oxygen atoms in total. The molecule has 0 amide bonds. The summed E-state index contributed by atoms with van der Waals surface area (Å²) in [5.74, 6) is 0.314. The Morgan fingerprint density at radius 1 is 0.696 bits per heavy atom. The number of hydrogen-bond donors (Lipinski definition) is 2. The van der Waals surface area contributed by atoms with Crippen LogP contribution in [-0.4, -0.2) is 10.2 Å². The molecule has 1 rings (SSSR count). The summed E-state index contributed by atoms with van der Waals surface area (Å²) in [4.78, 5) is 0. The van der Waals surface area contributed by atoms with Crippen LogP contribution in [0.1, 0.15) is 83.1 Å². The van der Waals surface area contributed by atoms with Crippen LogP contribution in [0, 0.1) is 0 Å². The molecule has 0 aliphatic heterocycles. The standard InChI is InChI=1S/C21H34O2/c1-2-3-4-5-6-7-8-9-10-11-12-13-14-15-19-16-20(22)18-21(23)17-19/h4-5,16-18,22-23H,2-3,6-15H2,1H3. The number of allylic oxidation sites excluding steroid dienone is 2. The van der Waals surface area contributed by atoms with E-state index >= 15 is 0 Å². The Bertz CT molecular complexity index is 417. The van der Waals surface area contributed by atoms with Crippen molar-refractivity contribution in [2.24, 2.45) is 0 Å². The maximum atomic E-state index is 9.43. The van der Waals surface area contributed by atoms with Gasteiger partial charge in [0.25, 0.3) is 0 Å². The van der Waals surface area contributed by atoms with Gasteiger partial charge in [-0.15, -0.1) is 0 Å². The number of hydrogen-bond acceptors (Lipinski definition) is 2. The maximum Gasteiger partial charge on any atom is 0.119 e. The third-order valence-electron chi connectivity index (χ3n) is 4.17. The van der Waals surface area contributed by atoms with Crippen molar-refractivity contribution in [1.82, 2.24) is 0 Å². The first-order valence-electron chi connectivity index (χ1n) is 9.39. The molecule has 23 heavy (non-hydrogen) atoms. The number of phenolic OH excluding ortho intramolecular Hbond substituents is 2. The lowest BCUT2D eigenvalue weighted by molar-refractivity contribution is 0.449. The van der Waals surface area contributed by atoms with Crippen LogP contribution in [0.2, 0.25) is 0 Å². The van der Waals surface area contributed by atoms with Gasteiger partial charge in [0.15, 0.2) is 0 Å². The Morgan fingerprint density at radius 3 is 1.83 bits per heavy atom. The third kappa shape index (κ3) is 10.8. The van der Waals surface area contributed by atoms with Crippen LogP contribution in [0.4, 0.5) is 0 Å². The van der Waals surface area contributed by atoms with E-state index in [9.17, 15) is 10.2 Å². The van der Waals surface area contributed by atoms with Gasteiger partial charge in [-0.05, 0) is 49.8 Å². The summed E-state index contributed by atoms with van der Waals surface area (Å²) in [6, 6.07) is 4.87. The normalized spacial score (nSPS) is 11.3. The van der Waals surface area contributed by atoms with Crippen molar-refractivity contribution in [2.75, 3.05) is 0 Å². The zero-order valence-corrected chi connectivity index (χ0v) is 14.8. The quantitative estimate of drug-likeness (QED) is 0.321. The van der Waals surface area contributed by atoms with Crippen LogP contribution in [0.3, 0.4) is 0 Å². The number of phenols is 2. The van der Waals surface area contributed by atoms with Crippen LogP contribution in [0.5, 0.6) is 11.5 Å². The van der Waals surface area contributed by atoms with Crippen molar-refractivity contribution in [3.8, 4) is 11.5 Å². The number of unbranched alkanes of at least 4 members (excludes halogenated alkanes) is 9. The molecule has 0 radical (unpaired) electrons. The zero-order chi connectivity index (χ0) is 16.8. The van der Waals surface area contributed by atoms with Gasteiger partial charge in [-0.2, -0.15) is 0 Å². The highest BCUT2D eigenvalue weighted by Gasteiger charge is 1.99. The Balaban J connectivity index is 1.90. The van der Waals surface area contributed by atoms with Crippen molar-refractivity contribution in [1.29, 1.82) is 0 Å². The third-order valence-corrected chi connectivity index (χ3v) is 4.17. The van der Waals surface area contributed by atoms with E-state index in [4.69, 9.17) is 0 Å². The summed E-state index contributed by atoms with van der Waals surface area (Å²) in [5, 5.41) is 18.9. The fourth-order valence-corrected chi connectivity index (χ4v) is 2.86. The molecule has 0 unspecified atom stereocenters. The molecule has 0 saturated carbocycles. The Morgan fingerprint density at radius 2 is 1.22 bits per heavy atom.